The standard InChI is InChI=1S/C32H30ClNO6/c1-17-5-7-19(8-6-17)20-12-25-30(26(35)13-20)29(24-16-39-27-10-9-21(33)14-23(27)31(24)36)28(18(2)34-25)32(37)40-15-22-4-3-11-38-22/h5-10,14,16,20,22,29,34H,3-4,11-13,15H2,1-2H3/t20-,22+,29+/m1/s1. The highest BCUT2D eigenvalue weighted by Crippen LogP contribution is 2.45. The summed E-state index contributed by atoms with van der Waals surface area (Å²) in [5.74, 6) is -1.66. The minimum atomic E-state index is -0.931. The summed E-state index contributed by atoms with van der Waals surface area (Å²) >= 11 is 6.20. The molecule has 1 fully saturated rings. The molecule has 8 heteroatoms. The first-order valence-corrected chi connectivity index (χ1v) is 14.0. The number of allylic oxidation sites excluding steroid dienone is 3. The lowest BCUT2D eigenvalue weighted by Crippen LogP contribution is -2.38. The van der Waals surface area contributed by atoms with E-state index in [1.165, 1.54) is 6.26 Å². The third-order valence-electron chi connectivity index (χ3n) is 8.09. The van der Waals surface area contributed by atoms with Crippen molar-refractivity contribution in [2.75, 3.05) is 13.2 Å². The summed E-state index contributed by atoms with van der Waals surface area (Å²) < 4.78 is 17.2. The number of benzene rings is 2. The van der Waals surface area contributed by atoms with Crippen LogP contribution >= 0.6 is 11.6 Å². The molecule has 206 valence electrons. The maximum absolute atomic E-state index is 13.9. The summed E-state index contributed by atoms with van der Waals surface area (Å²) in [5.41, 5.74) is 4.36. The van der Waals surface area contributed by atoms with E-state index < -0.39 is 11.9 Å². The van der Waals surface area contributed by atoms with Crippen LogP contribution < -0.4 is 10.7 Å². The molecule has 0 amide bonds. The molecular weight excluding hydrogens is 530 g/mol. The molecule has 0 saturated carbocycles. The highest BCUT2D eigenvalue weighted by molar-refractivity contribution is 6.31. The molecule has 0 bridgehead atoms. The van der Waals surface area contributed by atoms with Crippen molar-refractivity contribution in [3.63, 3.8) is 0 Å². The SMILES string of the molecule is CC1=C(C(=O)OC[C@@H]2CCCO2)[C@H](c2coc3ccc(Cl)cc3c2=O)C2=C(C[C@@H](c3ccc(C)cc3)CC2=O)N1. The van der Waals surface area contributed by atoms with Gasteiger partial charge in [0.2, 0.25) is 0 Å². The van der Waals surface area contributed by atoms with Crippen LogP contribution in [0, 0.1) is 6.92 Å². The van der Waals surface area contributed by atoms with Crippen LogP contribution in [-0.4, -0.2) is 31.1 Å². The fraction of sp³-hybridized carbons (Fsp3) is 0.344. The maximum Gasteiger partial charge on any atom is 0.336 e. The normalized spacial score (nSPS) is 22.9. The predicted octanol–water partition coefficient (Wildman–Crippen LogP) is 5.84. The number of hydrogen-bond acceptors (Lipinski definition) is 7. The quantitative estimate of drug-likeness (QED) is 0.392. The highest BCUT2D eigenvalue weighted by atomic mass is 35.5. The van der Waals surface area contributed by atoms with Gasteiger partial charge in [0.05, 0.1) is 29.2 Å². The number of carbonyl (C=O) groups excluding carboxylic acids is 2. The summed E-state index contributed by atoms with van der Waals surface area (Å²) in [6.07, 6.45) is 3.77. The van der Waals surface area contributed by atoms with Crippen molar-refractivity contribution < 1.29 is 23.5 Å². The molecule has 0 radical (unpaired) electrons. The van der Waals surface area contributed by atoms with Gasteiger partial charge >= 0.3 is 5.97 Å². The Kier molecular flexibility index (Phi) is 7.11. The second-order valence-electron chi connectivity index (χ2n) is 10.8. The van der Waals surface area contributed by atoms with E-state index in [2.05, 4.69) is 17.4 Å². The van der Waals surface area contributed by atoms with Gasteiger partial charge in [-0.25, -0.2) is 4.79 Å². The minimum Gasteiger partial charge on any atom is -0.464 e. The van der Waals surface area contributed by atoms with Crippen LogP contribution in [0.2, 0.25) is 5.02 Å². The number of nitrogens with one attached hydrogen (secondary N) is 1. The lowest BCUT2D eigenvalue weighted by Gasteiger charge is -2.36. The number of aryl methyl sites for hydroxylation is 1. The van der Waals surface area contributed by atoms with E-state index in [1.807, 2.05) is 19.1 Å². The first kappa shape index (κ1) is 26.5. The van der Waals surface area contributed by atoms with Crippen LogP contribution in [-0.2, 0) is 19.1 Å². The molecule has 40 heavy (non-hydrogen) atoms. The van der Waals surface area contributed by atoms with E-state index in [-0.39, 0.29) is 52.8 Å². The Morgan fingerprint density at radius 2 is 1.90 bits per heavy atom. The number of dihydropyridines is 1. The van der Waals surface area contributed by atoms with E-state index in [9.17, 15) is 14.4 Å². The molecule has 0 spiro atoms. The molecule has 3 heterocycles. The van der Waals surface area contributed by atoms with Crippen LogP contribution in [0.5, 0.6) is 0 Å². The largest absolute Gasteiger partial charge is 0.464 e. The molecule has 6 rings (SSSR count). The summed E-state index contributed by atoms with van der Waals surface area (Å²) in [5, 5.41) is 4.01. The van der Waals surface area contributed by atoms with Crippen LogP contribution in [0.4, 0.5) is 0 Å². The van der Waals surface area contributed by atoms with Gasteiger partial charge < -0.3 is 19.2 Å². The fourth-order valence-electron chi connectivity index (χ4n) is 6.03. The zero-order valence-corrected chi connectivity index (χ0v) is 23.2. The second kappa shape index (κ2) is 10.7. The van der Waals surface area contributed by atoms with Crippen molar-refractivity contribution in [3.05, 3.63) is 103 Å². The van der Waals surface area contributed by atoms with E-state index in [0.29, 0.717) is 40.6 Å². The fourth-order valence-corrected chi connectivity index (χ4v) is 6.21. The van der Waals surface area contributed by atoms with Crippen LogP contribution in [0.15, 0.2) is 80.5 Å². The number of ketones is 1. The summed E-state index contributed by atoms with van der Waals surface area (Å²) in [6.45, 7) is 4.56. The van der Waals surface area contributed by atoms with E-state index in [4.69, 9.17) is 25.5 Å². The van der Waals surface area contributed by atoms with Gasteiger partial charge in [0.25, 0.3) is 0 Å². The molecule has 1 saturated heterocycles. The van der Waals surface area contributed by atoms with E-state index in [1.54, 1.807) is 25.1 Å². The molecule has 1 aliphatic carbocycles. The third kappa shape index (κ3) is 4.88. The van der Waals surface area contributed by atoms with Gasteiger partial charge in [0, 0.05) is 40.6 Å². The third-order valence-corrected chi connectivity index (χ3v) is 8.33. The van der Waals surface area contributed by atoms with Crippen molar-refractivity contribution >= 4 is 34.3 Å². The highest BCUT2D eigenvalue weighted by Gasteiger charge is 2.43. The molecule has 3 aromatic rings. The summed E-state index contributed by atoms with van der Waals surface area (Å²) in [6, 6.07) is 13.0. The molecule has 1 aromatic heterocycles. The predicted molar refractivity (Wildman–Crippen MR) is 151 cm³/mol. The second-order valence-corrected chi connectivity index (χ2v) is 11.3. The van der Waals surface area contributed by atoms with Gasteiger partial charge in [-0.3, -0.25) is 9.59 Å². The first-order valence-electron chi connectivity index (χ1n) is 13.6. The Bertz CT molecular complexity index is 1630. The molecule has 1 N–H and O–H groups in total. The van der Waals surface area contributed by atoms with Crippen LogP contribution in [0.25, 0.3) is 11.0 Å². The minimum absolute atomic E-state index is 0.0207. The number of rotatable bonds is 5. The smallest absolute Gasteiger partial charge is 0.336 e. The number of Topliss-reactive ketones (excluding diaryl/α,β-unsaturated/α-hetero) is 1. The first-order chi connectivity index (χ1) is 19.3. The Morgan fingerprint density at radius 3 is 2.65 bits per heavy atom. The number of carbonyl (C=O) groups is 2. The number of halogens is 1. The van der Waals surface area contributed by atoms with Crippen molar-refractivity contribution in [2.24, 2.45) is 0 Å². The molecule has 3 aliphatic rings. The maximum atomic E-state index is 13.9. The number of hydrogen-bond donors (Lipinski definition) is 1. The number of fused-ring (bicyclic) bond motifs is 1. The average Bonchev–Trinajstić information content (AvgIpc) is 3.46. The molecular formula is C32H30ClNO6. The number of esters is 1. The van der Waals surface area contributed by atoms with E-state index >= 15 is 0 Å². The topological polar surface area (TPSA) is 94.8 Å². The Hall–Kier alpha value is -3.68. The molecule has 7 nitrogen and oxygen atoms in total. The van der Waals surface area contributed by atoms with Crippen molar-refractivity contribution in [1.29, 1.82) is 0 Å². The Balaban J connectivity index is 1.44. The Labute approximate surface area is 236 Å². The van der Waals surface area contributed by atoms with Crippen LogP contribution in [0.3, 0.4) is 0 Å². The van der Waals surface area contributed by atoms with E-state index in [0.717, 1.165) is 24.0 Å². The van der Waals surface area contributed by atoms with Crippen LogP contribution in [0.1, 0.15) is 61.1 Å². The zero-order chi connectivity index (χ0) is 28.0. The molecule has 3 atom stereocenters. The van der Waals surface area contributed by atoms with Gasteiger partial charge in [-0.15, -0.1) is 0 Å². The van der Waals surface area contributed by atoms with Crippen molar-refractivity contribution in [3.8, 4) is 0 Å². The van der Waals surface area contributed by atoms with Gasteiger partial charge in [0.15, 0.2) is 11.2 Å². The lowest BCUT2D eigenvalue weighted by molar-refractivity contribution is -0.142. The molecule has 2 aliphatic heterocycles. The summed E-state index contributed by atoms with van der Waals surface area (Å²) in [7, 11) is 0. The van der Waals surface area contributed by atoms with Gasteiger partial charge in [-0.2, -0.15) is 0 Å². The van der Waals surface area contributed by atoms with Gasteiger partial charge in [0.1, 0.15) is 12.2 Å². The molecule has 0 unspecified atom stereocenters. The number of ether oxygens (including phenoxy) is 2. The zero-order valence-electron chi connectivity index (χ0n) is 22.4. The summed E-state index contributed by atoms with van der Waals surface area (Å²) in [4.78, 5) is 41.4. The van der Waals surface area contributed by atoms with Crippen molar-refractivity contribution in [2.45, 2.75) is 57.5 Å². The van der Waals surface area contributed by atoms with Gasteiger partial charge in [-0.05, 0) is 62.8 Å². The lowest BCUT2D eigenvalue weighted by atomic mass is 9.72. The average molecular weight is 560 g/mol. The van der Waals surface area contributed by atoms with Gasteiger partial charge in [-0.1, -0.05) is 41.4 Å². The molecule has 2 aromatic carbocycles. The van der Waals surface area contributed by atoms with Crippen molar-refractivity contribution in [1.82, 2.24) is 5.32 Å². The monoisotopic (exact) mass is 559 g/mol. The Morgan fingerprint density at radius 1 is 1.10 bits per heavy atom.